The minimum atomic E-state index is -0.860. The van der Waals surface area contributed by atoms with Crippen molar-refractivity contribution in [2.75, 3.05) is 20.2 Å². The maximum Gasteiger partial charge on any atom is 0.254 e. The summed E-state index contributed by atoms with van der Waals surface area (Å²) in [5.74, 6) is -0.673. The van der Waals surface area contributed by atoms with Crippen LogP contribution in [-0.2, 0) is 9.63 Å². The van der Waals surface area contributed by atoms with E-state index in [-0.39, 0.29) is 31.3 Å². The second-order valence-electron chi connectivity index (χ2n) is 8.37. The number of likely N-dealkylation sites (tertiary alicyclic amines) is 1. The second kappa shape index (κ2) is 11.6. The fourth-order valence-corrected chi connectivity index (χ4v) is 4.40. The fraction of sp³-hybridized carbons (Fsp3) is 0.222. The first-order valence-electron chi connectivity index (χ1n) is 11.3. The maximum atomic E-state index is 13.4. The Kier molecular flexibility index (Phi) is 8.25. The minimum Gasteiger partial charge on any atom is -0.399 e. The van der Waals surface area contributed by atoms with Gasteiger partial charge in [-0.05, 0) is 41.0 Å². The highest BCUT2D eigenvalue weighted by Gasteiger charge is 2.38. The number of carbonyl (C=O) groups excluding carboxylic acids is 2. The van der Waals surface area contributed by atoms with Crippen LogP contribution in [0.3, 0.4) is 0 Å². The molecule has 2 N–H and O–H groups in total. The molecule has 1 aliphatic rings. The maximum absolute atomic E-state index is 13.4. The summed E-state index contributed by atoms with van der Waals surface area (Å²) < 4.78 is 0. The van der Waals surface area contributed by atoms with Crippen LogP contribution in [0.5, 0.6) is 0 Å². The molecule has 0 radical (unpaired) electrons. The van der Waals surface area contributed by atoms with Gasteiger partial charge in [0.15, 0.2) is 0 Å². The summed E-state index contributed by atoms with van der Waals surface area (Å²) >= 11 is 12.1. The average molecular weight is 526 g/mol. The van der Waals surface area contributed by atoms with Gasteiger partial charge in [0.05, 0.1) is 28.4 Å². The van der Waals surface area contributed by atoms with Gasteiger partial charge >= 0.3 is 0 Å². The van der Waals surface area contributed by atoms with Gasteiger partial charge in [0.25, 0.3) is 5.91 Å². The number of aliphatic hydroxyl groups excluding tert-OH is 1. The molecule has 36 heavy (non-hydrogen) atoms. The van der Waals surface area contributed by atoms with Crippen molar-refractivity contribution < 1.29 is 19.5 Å². The van der Waals surface area contributed by atoms with Gasteiger partial charge in [-0.2, -0.15) is 0 Å². The van der Waals surface area contributed by atoms with Crippen molar-refractivity contribution in [2.24, 2.45) is 5.16 Å². The van der Waals surface area contributed by atoms with Crippen molar-refractivity contribution >= 4 is 40.7 Å². The van der Waals surface area contributed by atoms with Gasteiger partial charge in [-0.25, -0.2) is 0 Å². The summed E-state index contributed by atoms with van der Waals surface area (Å²) in [5, 5.41) is 18.0. The van der Waals surface area contributed by atoms with E-state index in [9.17, 15) is 14.7 Å². The van der Waals surface area contributed by atoms with E-state index in [1.807, 2.05) is 36.4 Å². The molecule has 1 aliphatic heterocycles. The first kappa shape index (κ1) is 25.7. The molecule has 9 heteroatoms. The van der Waals surface area contributed by atoms with Crippen LogP contribution in [0.2, 0.25) is 10.0 Å². The lowest BCUT2D eigenvalue weighted by Crippen LogP contribution is -2.46. The quantitative estimate of drug-likeness (QED) is 0.436. The number of hydrogen-bond donors (Lipinski definition) is 2. The number of carbonyl (C=O) groups is 2. The summed E-state index contributed by atoms with van der Waals surface area (Å²) in [6.45, 7) is 0.191. The molecule has 0 saturated carbocycles. The number of amides is 2. The highest BCUT2D eigenvalue weighted by atomic mass is 35.5. The highest BCUT2D eigenvalue weighted by Crippen LogP contribution is 2.29. The third kappa shape index (κ3) is 5.87. The predicted octanol–water partition coefficient (Wildman–Crippen LogP) is 4.73. The highest BCUT2D eigenvalue weighted by molar-refractivity contribution is 6.42. The summed E-state index contributed by atoms with van der Waals surface area (Å²) in [6.07, 6.45) is -0.615. The lowest BCUT2D eigenvalue weighted by atomic mass is 10.0. The van der Waals surface area contributed by atoms with Crippen molar-refractivity contribution in [3.8, 4) is 11.1 Å². The van der Waals surface area contributed by atoms with Gasteiger partial charge in [-0.15, -0.1) is 0 Å². The summed E-state index contributed by atoms with van der Waals surface area (Å²) in [5.41, 5.74) is 3.45. The Hall–Kier alpha value is -3.39. The molecule has 4 rings (SSSR count). The van der Waals surface area contributed by atoms with Crippen molar-refractivity contribution in [2.45, 2.75) is 18.6 Å². The van der Waals surface area contributed by atoms with E-state index in [1.54, 1.807) is 36.4 Å². The Morgan fingerprint density at radius 1 is 1.06 bits per heavy atom. The number of hydrogen-bond acceptors (Lipinski definition) is 5. The van der Waals surface area contributed by atoms with E-state index in [0.29, 0.717) is 26.9 Å². The van der Waals surface area contributed by atoms with Gasteiger partial charge in [0.2, 0.25) is 5.91 Å². The largest absolute Gasteiger partial charge is 0.399 e. The number of nitrogens with one attached hydrogen (secondary N) is 1. The van der Waals surface area contributed by atoms with Gasteiger partial charge in [-0.3, -0.25) is 9.59 Å². The predicted molar refractivity (Wildman–Crippen MR) is 140 cm³/mol. The zero-order valence-corrected chi connectivity index (χ0v) is 21.0. The van der Waals surface area contributed by atoms with Crippen LogP contribution in [0, 0.1) is 0 Å². The molecule has 3 aromatic carbocycles. The third-order valence-corrected chi connectivity index (χ3v) is 6.72. The Bertz CT molecular complexity index is 1270. The van der Waals surface area contributed by atoms with Gasteiger partial charge in [-0.1, -0.05) is 76.9 Å². The van der Waals surface area contributed by atoms with E-state index in [1.165, 1.54) is 12.0 Å². The summed E-state index contributed by atoms with van der Waals surface area (Å²) in [7, 11) is 1.42. The zero-order valence-electron chi connectivity index (χ0n) is 19.5. The zero-order chi connectivity index (χ0) is 25.7. The lowest BCUT2D eigenvalue weighted by molar-refractivity contribution is -0.125. The van der Waals surface area contributed by atoms with Gasteiger partial charge in [0.1, 0.15) is 13.2 Å². The Balaban J connectivity index is 1.48. The molecule has 3 aromatic rings. The number of benzene rings is 3. The Morgan fingerprint density at radius 3 is 2.42 bits per heavy atom. The topological polar surface area (TPSA) is 91.2 Å². The molecular weight excluding hydrogens is 501 g/mol. The molecule has 2 amide bonds. The van der Waals surface area contributed by atoms with Crippen LogP contribution in [-0.4, -0.2) is 53.8 Å². The van der Waals surface area contributed by atoms with Crippen LogP contribution in [0.4, 0.5) is 0 Å². The first-order valence-corrected chi connectivity index (χ1v) is 12.1. The molecule has 0 aromatic heterocycles. The van der Waals surface area contributed by atoms with E-state index < -0.39 is 12.1 Å². The number of halogens is 2. The molecule has 1 heterocycles. The monoisotopic (exact) mass is 525 g/mol. The standard InChI is InChI=1S/C27H25Cl2N3O4/c1-36-31-21-14-24(26(34)30-15-25(33)18-5-3-2-4-6-18)32(16-21)27(35)19-9-7-17(8-10-19)20-11-12-22(28)23(29)13-20/h2-13,24-25,33H,14-16H2,1H3,(H,30,34)/t24-,25?/m0/s1. The van der Waals surface area contributed by atoms with Crippen LogP contribution >= 0.6 is 23.2 Å². The molecule has 0 bridgehead atoms. The van der Waals surface area contributed by atoms with Crippen molar-refractivity contribution in [1.82, 2.24) is 10.2 Å². The summed E-state index contributed by atoms with van der Waals surface area (Å²) in [6, 6.07) is 20.7. The van der Waals surface area contributed by atoms with Crippen LogP contribution in [0.1, 0.15) is 28.4 Å². The fourth-order valence-electron chi connectivity index (χ4n) is 4.10. The van der Waals surface area contributed by atoms with Crippen molar-refractivity contribution in [3.63, 3.8) is 0 Å². The Morgan fingerprint density at radius 2 is 1.75 bits per heavy atom. The molecule has 2 atom stereocenters. The number of rotatable bonds is 7. The Labute approximate surface area is 219 Å². The molecule has 186 valence electrons. The third-order valence-electron chi connectivity index (χ3n) is 5.98. The average Bonchev–Trinajstić information content (AvgIpc) is 3.33. The van der Waals surface area contributed by atoms with E-state index in [2.05, 4.69) is 10.5 Å². The lowest BCUT2D eigenvalue weighted by Gasteiger charge is -2.24. The number of nitrogens with zero attached hydrogens (tertiary/aromatic N) is 2. The normalized spacial score (nSPS) is 17.2. The molecule has 1 saturated heterocycles. The smallest absolute Gasteiger partial charge is 0.254 e. The van der Waals surface area contributed by atoms with Crippen molar-refractivity contribution in [3.05, 3.63) is 94.0 Å². The van der Waals surface area contributed by atoms with Gasteiger partial charge in [0, 0.05) is 18.5 Å². The SMILES string of the molecule is CON=C1C[C@@H](C(=O)NCC(O)c2ccccc2)N(C(=O)c2ccc(-c3ccc(Cl)c(Cl)c3)cc2)C1. The molecule has 1 fully saturated rings. The molecule has 1 unspecified atom stereocenters. The molecule has 7 nitrogen and oxygen atoms in total. The molecular formula is C27H25Cl2N3O4. The summed E-state index contributed by atoms with van der Waals surface area (Å²) in [4.78, 5) is 32.8. The van der Waals surface area contributed by atoms with Crippen LogP contribution < -0.4 is 5.32 Å². The van der Waals surface area contributed by atoms with E-state index in [4.69, 9.17) is 28.0 Å². The minimum absolute atomic E-state index is 0.0243. The van der Waals surface area contributed by atoms with Crippen LogP contribution in [0.15, 0.2) is 78.0 Å². The number of oxime groups is 1. The van der Waals surface area contributed by atoms with Crippen molar-refractivity contribution in [1.29, 1.82) is 0 Å². The van der Waals surface area contributed by atoms with E-state index >= 15 is 0 Å². The number of aliphatic hydroxyl groups is 1. The molecule has 0 spiro atoms. The van der Waals surface area contributed by atoms with E-state index in [0.717, 1.165) is 11.1 Å². The first-order chi connectivity index (χ1) is 17.4. The van der Waals surface area contributed by atoms with Crippen LogP contribution in [0.25, 0.3) is 11.1 Å². The molecule has 0 aliphatic carbocycles. The van der Waals surface area contributed by atoms with Gasteiger partial charge < -0.3 is 20.2 Å². The second-order valence-corrected chi connectivity index (χ2v) is 9.19.